The zero-order valence-corrected chi connectivity index (χ0v) is 9.38. The zero-order valence-electron chi connectivity index (χ0n) is 9.38. The van der Waals surface area contributed by atoms with Crippen molar-refractivity contribution in [1.82, 2.24) is 5.32 Å². The van der Waals surface area contributed by atoms with Crippen LogP contribution in [0.1, 0.15) is 19.3 Å². The Hall–Kier alpha value is -0.200. The third-order valence-corrected chi connectivity index (χ3v) is 3.71. The molecule has 1 saturated carbocycles. The van der Waals surface area contributed by atoms with Crippen molar-refractivity contribution < 1.29 is 20.1 Å². The lowest BCUT2D eigenvalue weighted by Crippen LogP contribution is -2.47. The van der Waals surface area contributed by atoms with Crippen LogP contribution in [0.2, 0.25) is 0 Å². The molecule has 0 aromatic carbocycles. The van der Waals surface area contributed by atoms with E-state index in [1.54, 1.807) is 0 Å². The van der Waals surface area contributed by atoms with Gasteiger partial charge in [-0.3, -0.25) is 0 Å². The molecule has 1 aliphatic carbocycles. The summed E-state index contributed by atoms with van der Waals surface area (Å²) < 4.78 is 5.26. The van der Waals surface area contributed by atoms with Gasteiger partial charge in [0.2, 0.25) is 0 Å². The molecular weight excluding hydrogens is 210 g/mol. The fourth-order valence-corrected chi connectivity index (χ4v) is 2.64. The highest BCUT2D eigenvalue weighted by atomic mass is 16.5. The van der Waals surface area contributed by atoms with E-state index in [9.17, 15) is 10.2 Å². The Morgan fingerprint density at radius 3 is 2.38 bits per heavy atom. The van der Waals surface area contributed by atoms with Crippen molar-refractivity contribution in [3.63, 3.8) is 0 Å². The summed E-state index contributed by atoms with van der Waals surface area (Å²) in [6, 6.07) is 0.258. The van der Waals surface area contributed by atoms with Crippen LogP contribution in [0.25, 0.3) is 0 Å². The first-order valence-corrected chi connectivity index (χ1v) is 6.03. The smallest absolute Gasteiger partial charge is 0.0955 e. The molecule has 1 saturated heterocycles. The van der Waals surface area contributed by atoms with Crippen molar-refractivity contribution in [1.29, 1.82) is 0 Å². The Bertz CT molecular complexity index is 220. The molecule has 2 fully saturated rings. The van der Waals surface area contributed by atoms with Gasteiger partial charge in [0.15, 0.2) is 0 Å². The predicted molar refractivity (Wildman–Crippen MR) is 58.0 cm³/mol. The lowest BCUT2D eigenvalue weighted by molar-refractivity contribution is -0.00375. The molecule has 4 unspecified atom stereocenters. The molecule has 16 heavy (non-hydrogen) atoms. The van der Waals surface area contributed by atoms with E-state index in [1.165, 1.54) is 0 Å². The normalized spacial score (nSPS) is 41.4. The quantitative estimate of drug-likeness (QED) is 0.493. The summed E-state index contributed by atoms with van der Waals surface area (Å²) >= 11 is 0. The van der Waals surface area contributed by atoms with Crippen LogP contribution in [0.15, 0.2) is 0 Å². The average Bonchev–Trinajstić information content (AvgIpc) is 2.58. The van der Waals surface area contributed by atoms with E-state index >= 15 is 0 Å². The van der Waals surface area contributed by atoms with Crippen molar-refractivity contribution in [3.8, 4) is 0 Å². The summed E-state index contributed by atoms with van der Waals surface area (Å²) in [6.45, 7) is 1.45. The van der Waals surface area contributed by atoms with E-state index in [0.29, 0.717) is 12.5 Å². The maximum atomic E-state index is 9.83. The van der Waals surface area contributed by atoms with E-state index < -0.39 is 12.2 Å². The van der Waals surface area contributed by atoms with Gasteiger partial charge in [0, 0.05) is 37.8 Å². The van der Waals surface area contributed by atoms with Gasteiger partial charge < -0.3 is 25.4 Å². The Morgan fingerprint density at radius 1 is 1.12 bits per heavy atom. The first-order chi connectivity index (χ1) is 7.72. The van der Waals surface area contributed by atoms with Gasteiger partial charge in [0.05, 0.1) is 12.2 Å². The van der Waals surface area contributed by atoms with Gasteiger partial charge in [0.25, 0.3) is 0 Å². The number of aliphatic hydroxyl groups excluding tert-OH is 3. The lowest BCUT2D eigenvalue weighted by Gasteiger charge is -2.28. The van der Waals surface area contributed by atoms with Gasteiger partial charge in [-0.2, -0.15) is 0 Å². The summed E-state index contributed by atoms with van der Waals surface area (Å²) in [5.41, 5.74) is 0. The molecule has 5 heteroatoms. The van der Waals surface area contributed by atoms with Crippen LogP contribution in [-0.4, -0.2) is 59.4 Å². The largest absolute Gasteiger partial charge is 0.396 e. The maximum absolute atomic E-state index is 9.83. The zero-order chi connectivity index (χ0) is 11.5. The maximum Gasteiger partial charge on any atom is 0.0955 e. The highest BCUT2D eigenvalue weighted by Crippen LogP contribution is 2.27. The monoisotopic (exact) mass is 231 g/mol. The second kappa shape index (κ2) is 5.42. The van der Waals surface area contributed by atoms with Gasteiger partial charge in [-0.05, 0) is 19.3 Å². The molecule has 2 aliphatic rings. The molecule has 5 nitrogen and oxygen atoms in total. The number of ether oxygens (including phenoxy) is 1. The minimum Gasteiger partial charge on any atom is -0.396 e. The van der Waals surface area contributed by atoms with Gasteiger partial charge in [-0.1, -0.05) is 0 Å². The first-order valence-electron chi connectivity index (χ1n) is 6.03. The van der Waals surface area contributed by atoms with Crippen LogP contribution in [0.3, 0.4) is 0 Å². The minimum atomic E-state index is -0.803. The topological polar surface area (TPSA) is 82.0 Å². The molecule has 94 valence electrons. The number of rotatable bonds is 3. The van der Waals surface area contributed by atoms with Crippen LogP contribution in [0.4, 0.5) is 0 Å². The molecule has 2 rings (SSSR count). The molecule has 1 heterocycles. The van der Waals surface area contributed by atoms with Crippen LogP contribution in [-0.2, 0) is 4.74 Å². The van der Waals surface area contributed by atoms with Gasteiger partial charge in [-0.25, -0.2) is 0 Å². The van der Waals surface area contributed by atoms with Crippen molar-refractivity contribution in [3.05, 3.63) is 0 Å². The first kappa shape index (κ1) is 12.3. The van der Waals surface area contributed by atoms with Gasteiger partial charge >= 0.3 is 0 Å². The number of nitrogens with one attached hydrogen (secondary N) is 1. The Morgan fingerprint density at radius 2 is 1.81 bits per heavy atom. The van der Waals surface area contributed by atoms with E-state index in [1.807, 2.05) is 0 Å². The fourth-order valence-electron chi connectivity index (χ4n) is 2.64. The molecule has 0 aromatic rings. The average molecular weight is 231 g/mol. The molecular formula is C11H21NO4. The van der Waals surface area contributed by atoms with Crippen molar-refractivity contribution in [2.24, 2.45) is 5.92 Å². The Labute approximate surface area is 95.4 Å². The molecule has 4 atom stereocenters. The van der Waals surface area contributed by atoms with Gasteiger partial charge in [0.1, 0.15) is 0 Å². The van der Waals surface area contributed by atoms with E-state index in [-0.39, 0.29) is 18.6 Å². The summed E-state index contributed by atoms with van der Waals surface area (Å²) in [5.74, 6) is -0.202. The van der Waals surface area contributed by atoms with Crippen LogP contribution in [0, 0.1) is 5.92 Å². The Balaban J connectivity index is 1.85. The molecule has 0 aromatic heterocycles. The van der Waals surface area contributed by atoms with Gasteiger partial charge in [-0.15, -0.1) is 0 Å². The second-order valence-corrected chi connectivity index (χ2v) is 4.82. The SMILES string of the molecule is OCC1CC(NC2CCOCC2)C(O)C1O. The Kier molecular flexibility index (Phi) is 4.16. The summed E-state index contributed by atoms with van der Waals surface area (Å²) in [4.78, 5) is 0. The van der Waals surface area contributed by atoms with E-state index in [2.05, 4.69) is 5.32 Å². The van der Waals surface area contributed by atoms with Crippen LogP contribution < -0.4 is 5.32 Å². The van der Waals surface area contributed by atoms with Crippen molar-refractivity contribution >= 4 is 0 Å². The number of hydrogen-bond acceptors (Lipinski definition) is 5. The molecule has 4 N–H and O–H groups in total. The lowest BCUT2D eigenvalue weighted by atomic mass is 10.1. The summed E-state index contributed by atoms with van der Waals surface area (Å²) in [7, 11) is 0. The standard InChI is InChI=1S/C11H21NO4/c13-6-7-5-9(11(15)10(7)14)12-8-1-3-16-4-2-8/h7-15H,1-6H2. The minimum absolute atomic E-state index is 0.0653. The summed E-state index contributed by atoms with van der Waals surface area (Å²) in [5, 5.41) is 31.9. The molecule has 1 aliphatic heterocycles. The summed E-state index contributed by atoms with van der Waals surface area (Å²) in [6.07, 6.45) is 0.963. The highest BCUT2D eigenvalue weighted by molar-refractivity contribution is 4.96. The third-order valence-electron chi connectivity index (χ3n) is 3.71. The molecule has 0 radical (unpaired) electrons. The second-order valence-electron chi connectivity index (χ2n) is 4.82. The number of hydrogen-bond donors (Lipinski definition) is 4. The van der Waals surface area contributed by atoms with Crippen LogP contribution >= 0.6 is 0 Å². The van der Waals surface area contributed by atoms with Crippen LogP contribution in [0.5, 0.6) is 0 Å². The fraction of sp³-hybridized carbons (Fsp3) is 1.00. The molecule has 0 spiro atoms. The predicted octanol–water partition coefficient (Wildman–Crippen LogP) is -1.14. The van der Waals surface area contributed by atoms with E-state index in [0.717, 1.165) is 26.1 Å². The number of aliphatic hydroxyl groups is 3. The van der Waals surface area contributed by atoms with Crippen molar-refractivity contribution in [2.75, 3.05) is 19.8 Å². The third kappa shape index (κ3) is 2.55. The highest BCUT2D eigenvalue weighted by Gasteiger charge is 2.41. The van der Waals surface area contributed by atoms with Crippen molar-refractivity contribution in [2.45, 2.75) is 43.6 Å². The molecule has 0 bridgehead atoms. The van der Waals surface area contributed by atoms with E-state index in [4.69, 9.17) is 9.84 Å². The molecule has 0 amide bonds.